The number of aryl methyl sites for hydroxylation is 2. The molecular formula is C21H31N3. The molecule has 0 radical (unpaired) electrons. The topological polar surface area (TPSA) is 31.9 Å². The lowest BCUT2D eigenvalue weighted by molar-refractivity contribution is 0.214. The van der Waals surface area contributed by atoms with Gasteiger partial charge in [0, 0.05) is 18.7 Å². The molecule has 0 saturated carbocycles. The third-order valence-corrected chi connectivity index (χ3v) is 5.40. The summed E-state index contributed by atoms with van der Waals surface area (Å²) in [5, 5.41) is 7.60. The molecule has 1 aromatic heterocycles. The van der Waals surface area contributed by atoms with Crippen molar-refractivity contribution in [3.8, 4) is 0 Å². The SMILES string of the molecule is Cc1ccc(C)c(C2CCN(CCc3cc(C(C)C)n[nH]3)CC2)c1. The van der Waals surface area contributed by atoms with Gasteiger partial charge in [0.25, 0.3) is 0 Å². The fourth-order valence-corrected chi connectivity index (χ4v) is 3.75. The van der Waals surface area contributed by atoms with Crippen LogP contribution in [0.4, 0.5) is 0 Å². The van der Waals surface area contributed by atoms with E-state index in [9.17, 15) is 0 Å². The number of aromatic nitrogens is 2. The molecule has 3 heteroatoms. The molecule has 3 nitrogen and oxygen atoms in total. The van der Waals surface area contributed by atoms with Crippen LogP contribution in [0.5, 0.6) is 0 Å². The minimum atomic E-state index is 0.503. The van der Waals surface area contributed by atoms with E-state index in [0.717, 1.165) is 18.9 Å². The summed E-state index contributed by atoms with van der Waals surface area (Å²) in [5.74, 6) is 1.24. The van der Waals surface area contributed by atoms with Crippen molar-refractivity contribution in [2.45, 2.75) is 58.8 Å². The quantitative estimate of drug-likeness (QED) is 0.873. The van der Waals surface area contributed by atoms with Gasteiger partial charge in [-0.25, -0.2) is 0 Å². The van der Waals surface area contributed by atoms with E-state index in [4.69, 9.17) is 0 Å². The third-order valence-electron chi connectivity index (χ3n) is 5.40. The number of aromatic amines is 1. The van der Waals surface area contributed by atoms with Crippen LogP contribution in [0.3, 0.4) is 0 Å². The first kappa shape index (κ1) is 17.2. The molecule has 1 aliphatic heterocycles. The fourth-order valence-electron chi connectivity index (χ4n) is 3.75. The number of piperidine rings is 1. The standard InChI is InChI=1S/C21H31N3/c1-15(2)21-14-19(22-23-21)9-12-24-10-7-18(8-11-24)20-13-16(3)5-6-17(20)4/h5-6,13-15,18H,7-12H2,1-4H3,(H,22,23). The van der Waals surface area contributed by atoms with Crippen LogP contribution in [0.25, 0.3) is 0 Å². The van der Waals surface area contributed by atoms with E-state index in [1.807, 2.05) is 0 Å². The molecule has 3 rings (SSSR count). The molecule has 0 bridgehead atoms. The highest BCUT2D eigenvalue weighted by atomic mass is 15.1. The summed E-state index contributed by atoms with van der Waals surface area (Å²) in [5.41, 5.74) is 6.87. The molecule has 1 N–H and O–H groups in total. The highest BCUT2D eigenvalue weighted by Gasteiger charge is 2.21. The fraction of sp³-hybridized carbons (Fsp3) is 0.571. The zero-order valence-corrected chi connectivity index (χ0v) is 15.6. The normalized spacial score (nSPS) is 16.9. The summed E-state index contributed by atoms with van der Waals surface area (Å²) in [6.07, 6.45) is 3.64. The highest BCUT2D eigenvalue weighted by Crippen LogP contribution is 2.30. The zero-order valence-electron chi connectivity index (χ0n) is 15.6. The predicted octanol–water partition coefficient (Wildman–Crippen LogP) is 4.57. The summed E-state index contributed by atoms with van der Waals surface area (Å²) < 4.78 is 0. The molecule has 2 heterocycles. The average molecular weight is 326 g/mol. The summed E-state index contributed by atoms with van der Waals surface area (Å²) in [4.78, 5) is 2.61. The first-order valence-electron chi connectivity index (χ1n) is 9.36. The van der Waals surface area contributed by atoms with Crippen molar-refractivity contribution >= 4 is 0 Å². The van der Waals surface area contributed by atoms with Crippen LogP contribution >= 0.6 is 0 Å². The van der Waals surface area contributed by atoms with Crippen LogP contribution in [0.2, 0.25) is 0 Å². The minimum absolute atomic E-state index is 0.503. The van der Waals surface area contributed by atoms with Crippen LogP contribution in [-0.2, 0) is 6.42 Å². The van der Waals surface area contributed by atoms with Crippen molar-refractivity contribution in [3.05, 3.63) is 52.3 Å². The van der Waals surface area contributed by atoms with Gasteiger partial charge in [0.05, 0.1) is 5.69 Å². The van der Waals surface area contributed by atoms with Gasteiger partial charge in [-0.3, -0.25) is 5.10 Å². The van der Waals surface area contributed by atoms with Gasteiger partial charge < -0.3 is 4.90 Å². The molecule has 0 unspecified atom stereocenters. The molecular weight excluding hydrogens is 294 g/mol. The summed E-state index contributed by atoms with van der Waals surface area (Å²) in [7, 11) is 0. The van der Waals surface area contributed by atoms with Gasteiger partial charge in [0.15, 0.2) is 0 Å². The molecule has 2 aromatic rings. The summed E-state index contributed by atoms with van der Waals surface area (Å²) in [6.45, 7) is 12.4. The lowest BCUT2D eigenvalue weighted by atomic mass is 9.86. The van der Waals surface area contributed by atoms with E-state index >= 15 is 0 Å². The third kappa shape index (κ3) is 4.07. The van der Waals surface area contributed by atoms with E-state index in [0.29, 0.717) is 5.92 Å². The number of H-pyrrole nitrogens is 1. The molecule has 0 aliphatic carbocycles. The van der Waals surface area contributed by atoms with Gasteiger partial charge in [-0.15, -0.1) is 0 Å². The Bertz CT molecular complexity index is 663. The van der Waals surface area contributed by atoms with Gasteiger partial charge in [-0.05, 0) is 68.8 Å². The van der Waals surface area contributed by atoms with E-state index in [1.54, 1.807) is 5.56 Å². The molecule has 1 aromatic carbocycles. The Morgan fingerprint density at radius 1 is 1.17 bits per heavy atom. The number of hydrogen-bond donors (Lipinski definition) is 1. The zero-order chi connectivity index (χ0) is 17.1. The van der Waals surface area contributed by atoms with Gasteiger partial charge >= 0.3 is 0 Å². The second kappa shape index (κ2) is 7.52. The second-order valence-electron chi connectivity index (χ2n) is 7.70. The lowest BCUT2D eigenvalue weighted by Crippen LogP contribution is -2.34. The Hall–Kier alpha value is -1.61. The Balaban J connectivity index is 1.50. The van der Waals surface area contributed by atoms with Crippen LogP contribution < -0.4 is 0 Å². The second-order valence-corrected chi connectivity index (χ2v) is 7.70. The number of benzene rings is 1. The largest absolute Gasteiger partial charge is 0.303 e. The molecule has 24 heavy (non-hydrogen) atoms. The van der Waals surface area contributed by atoms with Crippen LogP contribution in [0, 0.1) is 13.8 Å². The number of hydrogen-bond acceptors (Lipinski definition) is 2. The Morgan fingerprint density at radius 2 is 1.92 bits per heavy atom. The van der Waals surface area contributed by atoms with E-state index in [-0.39, 0.29) is 0 Å². The molecule has 0 atom stereocenters. The van der Waals surface area contributed by atoms with Crippen LogP contribution in [0.1, 0.15) is 66.6 Å². The van der Waals surface area contributed by atoms with Crippen LogP contribution in [-0.4, -0.2) is 34.7 Å². The maximum Gasteiger partial charge on any atom is 0.0650 e. The Morgan fingerprint density at radius 3 is 2.58 bits per heavy atom. The van der Waals surface area contributed by atoms with E-state index in [2.05, 4.69) is 67.1 Å². The molecule has 0 amide bonds. The van der Waals surface area contributed by atoms with Crippen molar-refractivity contribution in [1.82, 2.24) is 15.1 Å². The summed E-state index contributed by atoms with van der Waals surface area (Å²) in [6, 6.07) is 9.13. The van der Waals surface area contributed by atoms with Gasteiger partial charge in [-0.2, -0.15) is 5.10 Å². The minimum Gasteiger partial charge on any atom is -0.303 e. The molecule has 0 spiro atoms. The van der Waals surface area contributed by atoms with Gasteiger partial charge in [0.2, 0.25) is 0 Å². The Labute approximate surface area is 146 Å². The Kier molecular flexibility index (Phi) is 5.40. The first-order valence-corrected chi connectivity index (χ1v) is 9.36. The van der Waals surface area contributed by atoms with Crippen molar-refractivity contribution in [1.29, 1.82) is 0 Å². The smallest absolute Gasteiger partial charge is 0.0650 e. The van der Waals surface area contributed by atoms with Crippen molar-refractivity contribution in [2.75, 3.05) is 19.6 Å². The molecule has 1 saturated heterocycles. The lowest BCUT2D eigenvalue weighted by Gasteiger charge is -2.32. The summed E-state index contributed by atoms with van der Waals surface area (Å²) >= 11 is 0. The molecule has 130 valence electrons. The van der Waals surface area contributed by atoms with Crippen LogP contribution in [0.15, 0.2) is 24.3 Å². The van der Waals surface area contributed by atoms with E-state index < -0.39 is 0 Å². The average Bonchev–Trinajstić information content (AvgIpc) is 3.05. The monoisotopic (exact) mass is 325 g/mol. The van der Waals surface area contributed by atoms with E-state index in [1.165, 1.54) is 48.4 Å². The number of nitrogens with zero attached hydrogens (tertiary/aromatic N) is 2. The maximum atomic E-state index is 4.41. The maximum absolute atomic E-state index is 4.41. The van der Waals surface area contributed by atoms with Gasteiger partial charge in [0.1, 0.15) is 0 Å². The highest BCUT2D eigenvalue weighted by molar-refractivity contribution is 5.33. The molecule has 1 fully saturated rings. The van der Waals surface area contributed by atoms with Crippen molar-refractivity contribution in [3.63, 3.8) is 0 Å². The van der Waals surface area contributed by atoms with Gasteiger partial charge in [-0.1, -0.05) is 37.6 Å². The number of likely N-dealkylation sites (tertiary alicyclic amines) is 1. The number of nitrogens with one attached hydrogen (secondary N) is 1. The van der Waals surface area contributed by atoms with Crippen molar-refractivity contribution < 1.29 is 0 Å². The molecule has 1 aliphatic rings. The first-order chi connectivity index (χ1) is 11.5. The number of rotatable bonds is 5. The van der Waals surface area contributed by atoms with Crippen molar-refractivity contribution in [2.24, 2.45) is 0 Å². The predicted molar refractivity (Wildman–Crippen MR) is 101 cm³/mol.